The second kappa shape index (κ2) is 5.57. The number of carbonyl (C=O) groups excluding carboxylic acids is 1. The van der Waals surface area contributed by atoms with E-state index in [1.54, 1.807) is 0 Å². The monoisotopic (exact) mass is 298 g/mol. The third-order valence-electron chi connectivity index (χ3n) is 3.15. The Morgan fingerprint density at radius 1 is 1.55 bits per heavy atom. The van der Waals surface area contributed by atoms with E-state index in [4.69, 9.17) is 10.5 Å². The summed E-state index contributed by atoms with van der Waals surface area (Å²) in [6.07, 6.45) is 0. The van der Waals surface area contributed by atoms with Gasteiger partial charge in [0.15, 0.2) is 5.13 Å². The molecule has 7 heteroatoms. The van der Waals surface area contributed by atoms with E-state index in [2.05, 4.69) is 10.3 Å². The molecule has 1 fully saturated rings. The third kappa shape index (κ3) is 3.04. The fourth-order valence-corrected chi connectivity index (χ4v) is 3.13. The molecule has 0 saturated carbocycles. The maximum absolute atomic E-state index is 12.7. The van der Waals surface area contributed by atoms with Gasteiger partial charge >= 0.3 is 0 Å². The van der Waals surface area contributed by atoms with Gasteiger partial charge in [-0.15, -0.1) is 0 Å². The number of carbonyl (C=O) groups is 1. The van der Waals surface area contributed by atoms with Crippen LogP contribution in [0.4, 0.5) is 10.9 Å². The summed E-state index contributed by atoms with van der Waals surface area (Å²) in [4.78, 5) is 19.2. The van der Waals surface area contributed by atoms with Crippen molar-refractivity contribution in [2.24, 2.45) is 0 Å². The number of amides is 1. The van der Waals surface area contributed by atoms with Gasteiger partial charge in [0.05, 0.1) is 18.8 Å². The molecule has 0 atom stereocenters. The summed E-state index contributed by atoms with van der Waals surface area (Å²) in [5, 5.41) is 3.86. The zero-order valence-electron chi connectivity index (χ0n) is 12.4. The van der Waals surface area contributed by atoms with Crippen molar-refractivity contribution in [3.05, 3.63) is 4.88 Å². The Balaban J connectivity index is 2.22. The van der Waals surface area contributed by atoms with Gasteiger partial charge in [-0.3, -0.25) is 4.79 Å². The van der Waals surface area contributed by atoms with Gasteiger partial charge in [0.2, 0.25) is 0 Å². The van der Waals surface area contributed by atoms with E-state index in [-0.39, 0.29) is 17.5 Å². The molecule has 2 rings (SSSR count). The first-order chi connectivity index (χ1) is 9.31. The molecular formula is C13H22N4O2S. The van der Waals surface area contributed by atoms with Crippen molar-refractivity contribution in [3.63, 3.8) is 0 Å². The number of nitrogens with two attached hydrogens (primary N) is 1. The molecule has 0 unspecified atom stereocenters. The Labute approximate surface area is 123 Å². The van der Waals surface area contributed by atoms with Crippen molar-refractivity contribution in [3.8, 4) is 0 Å². The van der Waals surface area contributed by atoms with Gasteiger partial charge in [-0.1, -0.05) is 11.3 Å². The van der Waals surface area contributed by atoms with Gasteiger partial charge < -0.3 is 20.7 Å². The lowest BCUT2D eigenvalue weighted by Gasteiger charge is -2.41. The van der Waals surface area contributed by atoms with Gasteiger partial charge in [-0.05, 0) is 27.7 Å². The Bertz CT molecular complexity index is 499. The van der Waals surface area contributed by atoms with Crippen LogP contribution < -0.4 is 11.1 Å². The highest BCUT2D eigenvalue weighted by atomic mass is 32.1. The molecule has 1 aliphatic heterocycles. The highest BCUT2D eigenvalue weighted by Gasteiger charge is 2.36. The van der Waals surface area contributed by atoms with Crippen LogP contribution in [0.5, 0.6) is 0 Å². The van der Waals surface area contributed by atoms with Crippen LogP contribution >= 0.6 is 11.3 Å². The highest BCUT2D eigenvalue weighted by Crippen LogP contribution is 2.30. The second-order valence-electron chi connectivity index (χ2n) is 5.85. The Morgan fingerprint density at radius 2 is 2.25 bits per heavy atom. The van der Waals surface area contributed by atoms with Crippen LogP contribution in [-0.4, -0.2) is 47.1 Å². The number of hydrogen-bond donors (Lipinski definition) is 2. The van der Waals surface area contributed by atoms with Crippen molar-refractivity contribution in [1.29, 1.82) is 0 Å². The zero-order valence-corrected chi connectivity index (χ0v) is 13.2. The molecular weight excluding hydrogens is 276 g/mol. The number of nitrogens with zero attached hydrogens (tertiary/aromatic N) is 2. The summed E-state index contributed by atoms with van der Waals surface area (Å²) in [5.41, 5.74) is 5.57. The number of hydrogen-bond acceptors (Lipinski definition) is 6. The van der Waals surface area contributed by atoms with E-state index >= 15 is 0 Å². The van der Waals surface area contributed by atoms with Crippen molar-refractivity contribution >= 4 is 28.2 Å². The smallest absolute Gasteiger partial charge is 0.268 e. The van der Waals surface area contributed by atoms with Crippen molar-refractivity contribution in [1.82, 2.24) is 9.88 Å². The molecule has 1 aromatic heterocycles. The zero-order chi connectivity index (χ0) is 14.9. The number of aromatic nitrogens is 1. The van der Waals surface area contributed by atoms with Crippen molar-refractivity contribution < 1.29 is 9.53 Å². The normalized spacial score (nSPS) is 18.4. The molecule has 20 heavy (non-hydrogen) atoms. The van der Waals surface area contributed by atoms with Crippen molar-refractivity contribution in [2.45, 2.75) is 39.3 Å². The van der Waals surface area contributed by atoms with E-state index in [1.807, 2.05) is 32.6 Å². The average molecular weight is 298 g/mol. The van der Waals surface area contributed by atoms with Crippen molar-refractivity contribution in [2.75, 3.05) is 30.8 Å². The third-order valence-corrected chi connectivity index (χ3v) is 4.14. The summed E-state index contributed by atoms with van der Waals surface area (Å²) in [6, 6.07) is 0.253. The summed E-state index contributed by atoms with van der Waals surface area (Å²) in [6.45, 7) is 9.70. The minimum absolute atomic E-state index is 0.0647. The number of ether oxygens (including phenoxy) is 1. The van der Waals surface area contributed by atoms with Gasteiger partial charge in [0.1, 0.15) is 10.7 Å². The summed E-state index contributed by atoms with van der Waals surface area (Å²) >= 11 is 1.31. The maximum Gasteiger partial charge on any atom is 0.268 e. The van der Waals surface area contributed by atoms with Crippen LogP contribution in [0.3, 0.4) is 0 Å². The predicted octanol–water partition coefficient (Wildman–Crippen LogP) is 1.80. The van der Waals surface area contributed by atoms with Gasteiger partial charge in [-0.25, -0.2) is 4.98 Å². The van der Waals surface area contributed by atoms with Crippen LogP contribution in [0.2, 0.25) is 0 Å². The van der Waals surface area contributed by atoms with E-state index in [0.717, 1.165) is 0 Å². The standard InChI is InChI=1S/C13H22N4O2S/c1-8(2)15-12-16-10(14)9(20-12)11(18)17-5-6-19-7-13(17,3)4/h8H,5-7,14H2,1-4H3,(H,15,16). The molecule has 6 nitrogen and oxygen atoms in total. The summed E-state index contributed by atoms with van der Waals surface area (Å²) in [5.74, 6) is 0.232. The lowest BCUT2D eigenvalue weighted by atomic mass is 10.0. The van der Waals surface area contributed by atoms with E-state index < -0.39 is 0 Å². The fraction of sp³-hybridized carbons (Fsp3) is 0.692. The number of nitrogen functional groups attached to an aromatic ring is 1. The lowest BCUT2D eigenvalue weighted by molar-refractivity contribution is -0.0368. The summed E-state index contributed by atoms with van der Waals surface area (Å²) in [7, 11) is 0. The Morgan fingerprint density at radius 3 is 2.85 bits per heavy atom. The number of nitrogens with one attached hydrogen (secondary N) is 1. The fourth-order valence-electron chi connectivity index (χ4n) is 2.15. The Kier molecular flexibility index (Phi) is 4.19. The molecule has 1 aromatic rings. The quantitative estimate of drug-likeness (QED) is 0.889. The van der Waals surface area contributed by atoms with Gasteiger partial charge in [0.25, 0.3) is 5.91 Å². The molecule has 1 saturated heterocycles. The van der Waals surface area contributed by atoms with E-state index in [0.29, 0.717) is 35.6 Å². The molecule has 0 radical (unpaired) electrons. The first-order valence-electron chi connectivity index (χ1n) is 6.74. The molecule has 1 aliphatic rings. The van der Waals surface area contributed by atoms with Crippen LogP contribution in [0, 0.1) is 0 Å². The molecule has 0 aromatic carbocycles. The minimum atomic E-state index is -0.322. The SMILES string of the molecule is CC(C)Nc1nc(N)c(C(=O)N2CCOCC2(C)C)s1. The van der Waals surface area contributed by atoms with E-state index in [1.165, 1.54) is 11.3 Å². The number of rotatable bonds is 3. The maximum atomic E-state index is 12.7. The molecule has 0 spiro atoms. The Hall–Kier alpha value is -1.34. The topological polar surface area (TPSA) is 80.5 Å². The molecule has 1 amide bonds. The number of anilines is 2. The van der Waals surface area contributed by atoms with Crippen LogP contribution in [-0.2, 0) is 4.74 Å². The van der Waals surface area contributed by atoms with Crippen LogP contribution in [0.1, 0.15) is 37.4 Å². The second-order valence-corrected chi connectivity index (χ2v) is 6.85. The van der Waals surface area contributed by atoms with E-state index in [9.17, 15) is 4.79 Å². The lowest BCUT2D eigenvalue weighted by Crippen LogP contribution is -2.55. The molecule has 0 bridgehead atoms. The largest absolute Gasteiger partial charge is 0.382 e. The van der Waals surface area contributed by atoms with Crippen LogP contribution in [0.15, 0.2) is 0 Å². The molecule has 3 N–H and O–H groups in total. The number of thiazole rings is 1. The first-order valence-corrected chi connectivity index (χ1v) is 7.55. The summed E-state index contributed by atoms with van der Waals surface area (Å²) < 4.78 is 5.44. The molecule has 2 heterocycles. The molecule has 0 aliphatic carbocycles. The number of morpholine rings is 1. The van der Waals surface area contributed by atoms with Gasteiger partial charge in [-0.2, -0.15) is 0 Å². The van der Waals surface area contributed by atoms with Crippen LogP contribution in [0.25, 0.3) is 0 Å². The first kappa shape index (κ1) is 15.1. The highest BCUT2D eigenvalue weighted by molar-refractivity contribution is 7.18. The molecule has 112 valence electrons. The minimum Gasteiger partial charge on any atom is -0.382 e. The van der Waals surface area contributed by atoms with Gasteiger partial charge in [0, 0.05) is 12.6 Å². The predicted molar refractivity (Wildman–Crippen MR) is 81.2 cm³/mol. The average Bonchev–Trinajstić information content (AvgIpc) is 2.68.